The van der Waals surface area contributed by atoms with Gasteiger partial charge in [-0.15, -0.1) is 0 Å². The maximum absolute atomic E-state index is 13.6. The van der Waals surface area contributed by atoms with Crippen LogP contribution in [0.2, 0.25) is 0 Å². The minimum atomic E-state index is -0.841. The zero-order valence-electron chi connectivity index (χ0n) is 14.9. The van der Waals surface area contributed by atoms with Gasteiger partial charge in [0.15, 0.2) is 17.3 Å². The third-order valence-corrected chi connectivity index (χ3v) is 3.90. The molecule has 0 fully saturated rings. The number of halogens is 2. The van der Waals surface area contributed by atoms with E-state index in [1.807, 2.05) is 0 Å². The molecular formula is C19H16F2N6O2. The summed E-state index contributed by atoms with van der Waals surface area (Å²) in [5.41, 5.74) is 16.8. The van der Waals surface area contributed by atoms with Crippen molar-refractivity contribution in [2.75, 3.05) is 11.2 Å². The minimum Gasteiger partial charge on any atom is -0.382 e. The van der Waals surface area contributed by atoms with Crippen LogP contribution in [0.25, 0.3) is 0 Å². The Balaban J connectivity index is 1.71. The molecule has 29 heavy (non-hydrogen) atoms. The Hall–Kier alpha value is -4.08. The molecule has 1 heterocycles. The van der Waals surface area contributed by atoms with E-state index in [9.17, 15) is 18.4 Å². The predicted octanol–water partition coefficient (Wildman–Crippen LogP) is 1.78. The number of benzene rings is 2. The van der Waals surface area contributed by atoms with E-state index >= 15 is 0 Å². The summed E-state index contributed by atoms with van der Waals surface area (Å²) in [6.07, 6.45) is 1.68. The van der Waals surface area contributed by atoms with Crippen molar-refractivity contribution >= 4 is 23.3 Å². The van der Waals surface area contributed by atoms with Gasteiger partial charge in [-0.3, -0.25) is 20.4 Å². The molecule has 0 spiro atoms. The zero-order valence-corrected chi connectivity index (χ0v) is 14.9. The Kier molecular flexibility index (Phi) is 5.63. The van der Waals surface area contributed by atoms with Crippen molar-refractivity contribution in [3.63, 3.8) is 0 Å². The molecule has 0 aliphatic heterocycles. The Morgan fingerprint density at radius 2 is 1.90 bits per heavy atom. The quantitative estimate of drug-likeness (QED) is 0.467. The summed E-state index contributed by atoms with van der Waals surface area (Å²) in [6.45, 7) is 0. The lowest BCUT2D eigenvalue weighted by molar-refractivity contribution is 0.0960. The first-order valence-corrected chi connectivity index (χ1v) is 8.35. The lowest BCUT2D eigenvalue weighted by Crippen LogP contribution is -2.29. The molecular weight excluding hydrogens is 382 g/mol. The van der Waals surface area contributed by atoms with E-state index in [0.717, 1.165) is 12.1 Å². The number of carbonyl (C=O) groups excluding carboxylic acids is 2. The second-order valence-corrected chi connectivity index (χ2v) is 6.04. The molecule has 0 radical (unpaired) electrons. The van der Waals surface area contributed by atoms with Gasteiger partial charge in [0.2, 0.25) is 0 Å². The lowest BCUT2D eigenvalue weighted by Gasteiger charge is -2.10. The smallest absolute Gasteiger partial charge is 0.271 e. The summed E-state index contributed by atoms with van der Waals surface area (Å²) in [4.78, 5) is 31.6. The summed E-state index contributed by atoms with van der Waals surface area (Å²) in [5.74, 6) is -2.95. The third kappa shape index (κ3) is 4.80. The van der Waals surface area contributed by atoms with E-state index < -0.39 is 23.4 Å². The fourth-order valence-corrected chi connectivity index (χ4v) is 2.52. The molecule has 1 aromatic heterocycles. The standard InChI is InChI=1S/C19H16F2N6O2/c20-12-4-5-15(14(21)8-12)26-27-19(29)11-3-1-2-10(6-11)7-13-9-24-17(22)16(25-13)18(23)28/h1-6,8-9,26H,7H2,(H2,22,24)(H2,23,28)(H,27,29). The summed E-state index contributed by atoms with van der Waals surface area (Å²) in [5, 5.41) is 0. The molecule has 148 valence electrons. The molecule has 8 nitrogen and oxygen atoms in total. The van der Waals surface area contributed by atoms with Gasteiger partial charge < -0.3 is 11.5 Å². The molecule has 0 saturated carbocycles. The number of carbonyl (C=O) groups is 2. The number of nitrogens with zero attached hydrogens (tertiary/aromatic N) is 2. The Morgan fingerprint density at radius 1 is 1.10 bits per heavy atom. The van der Waals surface area contributed by atoms with Crippen LogP contribution in [0.4, 0.5) is 20.3 Å². The lowest BCUT2D eigenvalue weighted by atomic mass is 10.1. The molecule has 10 heteroatoms. The molecule has 0 saturated heterocycles. The number of aromatic nitrogens is 2. The average Bonchev–Trinajstić information content (AvgIpc) is 2.68. The molecule has 3 rings (SSSR count). The number of hydrogen-bond acceptors (Lipinski definition) is 6. The van der Waals surface area contributed by atoms with Gasteiger partial charge in [0.1, 0.15) is 5.82 Å². The van der Waals surface area contributed by atoms with Gasteiger partial charge in [0, 0.05) is 18.1 Å². The van der Waals surface area contributed by atoms with Gasteiger partial charge in [0.25, 0.3) is 11.8 Å². The van der Waals surface area contributed by atoms with Gasteiger partial charge in [-0.25, -0.2) is 18.7 Å². The Bertz CT molecular complexity index is 1090. The summed E-state index contributed by atoms with van der Waals surface area (Å²) in [6, 6.07) is 9.49. The van der Waals surface area contributed by atoms with E-state index in [1.165, 1.54) is 6.20 Å². The number of primary amides is 1. The van der Waals surface area contributed by atoms with E-state index in [-0.39, 0.29) is 29.2 Å². The molecule has 2 amide bonds. The minimum absolute atomic E-state index is 0.0616. The largest absolute Gasteiger partial charge is 0.382 e. The van der Waals surface area contributed by atoms with Crippen LogP contribution in [0.5, 0.6) is 0 Å². The number of nitrogen functional groups attached to an aromatic ring is 1. The first-order chi connectivity index (χ1) is 13.8. The van der Waals surface area contributed by atoms with Crippen LogP contribution in [-0.4, -0.2) is 21.8 Å². The normalized spacial score (nSPS) is 10.4. The summed E-state index contributed by atoms with van der Waals surface area (Å²) >= 11 is 0. The second kappa shape index (κ2) is 8.30. The Morgan fingerprint density at radius 3 is 2.62 bits per heavy atom. The van der Waals surface area contributed by atoms with E-state index in [0.29, 0.717) is 17.3 Å². The monoisotopic (exact) mass is 398 g/mol. The van der Waals surface area contributed by atoms with Crippen LogP contribution in [0.1, 0.15) is 32.1 Å². The number of amides is 2. The molecule has 0 atom stereocenters. The summed E-state index contributed by atoms with van der Waals surface area (Å²) < 4.78 is 26.5. The highest BCUT2D eigenvalue weighted by Gasteiger charge is 2.12. The van der Waals surface area contributed by atoms with Gasteiger partial charge in [-0.05, 0) is 29.8 Å². The van der Waals surface area contributed by atoms with Crippen LogP contribution in [0.3, 0.4) is 0 Å². The number of rotatable bonds is 6. The first-order valence-electron chi connectivity index (χ1n) is 8.35. The molecule has 6 N–H and O–H groups in total. The highest BCUT2D eigenvalue weighted by molar-refractivity contribution is 5.95. The van der Waals surface area contributed by atoms with Crippen LogP contribution in [0.15, 0.2) is 48.7 Å². The maximum Gasteiger partial charge on any atom is 0.271 e. The van der Waals surface area contributed by atoms with Crippen molar-refractivity contribution in [2.24, 2.45) is 5.73 Å². The SMILES string of the molecule is NC(=O)c1nc(Cc2cccc(C(=O)NNc3ccc(F)cc3F)c2)cnc1N. The van der Waals surface area contributed by atoms with Gasteiger partial charge >= 0.3 is 0 Å². The highest BCUT2D eigenvalue weighted by atomic mass is 19.1. The van der Waals surface area contributed by atoms with E-state index in [2.05, 4.69) is 20.8 Å². The van der Waals surface area contributed by atoms with Gasteiger partial charge in [0.05, 0.1) is 17.6 Å². The van der Waals surface area contributed by atoms with Crippen molar-refractivity contribution < 1.29 is 18.4 Å². The van der Waals surface area contributed by atoms with Gasteiger partial charge in [-0.2, -0.15) is 0 Å². The van der Waals surface area contributed by atoms with Gasteiger partial charge in [-0.1, -0.05) is 12.1 Å². The number of nitrogens with two attached hydrogens (primary N) is 2. The topological polar surface area (TPSA) is 136 Å². The molecule has 0 bridgehead atoms. The van der Waals surface area contributed by atoms with Crippen LogP contribution < -0.4 is 22.3 Å². The summed E-state index contributed by atoms with van der Waals surface area (Å²) in [7, 11) is 0. The van der Waals surface area contributed by atoms with Crippen LogP contribution >= 0.6 is 0 Å². The van der Waals surface area contributed by atoms with Crippen LogP contribution in [-0.2, 0) is 6.42 Å². The number of hydrogen-bond donors (Lipinski definition) is 4. The van der Waals surface area contributed by atoms with Crippen molar-refractivity contribution in [3.05, 3.63) is 82.8 Å². The molecule has 3 aromatic rings. The van der Waals surface area contributed by atoms with Crippen LogP contribution in [0, 0.1) is 11.6 Å². The maximum atomic E-state index is 13.6. The number of nitrogens with one attached hydrogen (secondary N) is 2. The number of anilines is 2. The van der Waals surface area contributed by atoms with Crippen molar-refractivity contribution in [2.45, 2.75) is 6.42 Å². The average molecular weight is 398 g/mol. The molecule has 0 aliphatic carbocycles. The fourth-order valence-electron chi connectivity index (χ4n) is 2.52. The first kappa shape index (κ1) is 19.7. The van der Waals surface area contributed by atoms with Crippen molar-refractivity contribution in [1.29, 1.82) is 0 Å². The number of hydrazine groups is 1. The van der Waals surface area contributed by atoms with E-state index in [1.54, 1.807) is 24.3 Å². The third-order valence-electron chi connectivity index (χ3n) is 3.90. The zero-order chi connectivity index (χ0) is 21.0. The fraction of sp³-hybridized carbons (Fsp3) is 0.0526. The van der Waals surface area contributed by atoms with E-state index in [4.69, 9.17) is 11.5 Å². The highest BCUT2D eigenvalue weighted by Crippen LogP contribution is 2.15. The predicted molar refractivity (Wildman–Crippen MR) is 102 cm³/mol. The Labute approximate surface area is 163 Å². The molecule has 2 aromatic carbocycles. The van der Waals surface area contributed by atoms with Crippen molar-refractivity contribution in [1.82, 2.24) is 15.4 Å². The molecule has 0 unspecified atom stereocenters. The molecule has 0 aliphatic rings. The second-order valence-electron chi connectivity index (χ2n) is 6.04. The van der Waals surface area contributed by atoms with Crippen molar-refractivity contribution in [3.8, 4) is 0 Å².